The van der Waals surface area contributed by atoms with Gasteiger partial charge in [-0.25, -0.2) is 14.3 Å². The standard InChI is InChI=1S/C18H22N4O8S/c1-6-29-17(24)12-9(3)13(18(25)30-7-2)31-16(12)19-14(23)10(4)21-8-11(22(26)27)15(20-21)28-5/h8,10H,6-7H2,1-5H3,(H,19,23). The first-order chi connectivity index (χ1) is 14.7. The fourth-order valence-electron chi connectivity index (χ4n) is 2.61. The highest BCUT2D eigenvalue weighted by molar-refractivity contribution is 7.18. The third-order valence-electron chi connectivity index (χ3n) is 4.17. The van der Waals surface area contributed by atoms with E-state index in [1.54, 1.807) is 20.8 Å². The van der Waals surface area contributed by atoms with Gasteiger partial charge in [0.1, 0.15) is 22.1 Å². The molecule has 0 spiro atoms. The number of hydrogen-bond donors (Lipinski definition) is 1. The van der Waals surface area contributed by atoms with Gasteiger partial charge >= 0.3 is 23.5 Å². The highest BCUT2D eigenvalue weighted by Crippen LogP contribution is 2.35. The third kappa shape index (κ3) is 4.99. The second-order valence-electron chi connectivity index (χ2n) is 6.13. The normalized spacial score (nSPS) is 11.5. The number of hydrogen-bond acceptors (Lipinski definition) is 10. The Hall–Kier alpha value is -3.48. The Morgan fingerprint density at radius 2 is 1.87 bits per heavy atom. The number of ether oxygens (including phenoxy) is 3. The predicted molar refractivity (Wildman–Crippen MR) is 110 cm³/mol. The molecule has 31 heavy (non-hydrogen) atoms. The van der Waals surface area contributed by atoms with Crippen LogP contribution >= 0.6 is 11.3 Å². The molecule has 0 aliphatic heterocycles. The molecule has 2 heterocycles. The predicted octanol–water partition coefficient (Wildman–Crippen LogP) is 2.72. The van der Waals surface area contributed by atoms with Crippen LogP contribution in [0, 0.1) is 17.0 Å². The lowest BCUT2D eigenvalue weighted by atomic mass is 10.1. The molecule has 0 saturated carbocycles. The molecule has 0 aliphatic rings. The molecular formula is C18H22N4O8S. The molecule has 0 aliphatic carbocycles. The first-order valence-electron chi connectivity index (χ1n) is 9.22. The molecule has 1 unspecified atom stereocenters. The molecule has 2 aromatic heterocycles. The Bertz CT molecular complexity index is 1010. The summed E-state index contributed by atoms with van der Waals surface area (Å²) in [5, 5.41) is 17.7. The number of nitrogens with zero attached hydrogens (tertiary/aromatic N) is 3. The topological polar surface area (TPSA) is 152 Å². The zero-order valence-corrected chi connectivity index (χ0v) is 18.4. The van der Waals surface area contributed by atoms with Crippen molar-refractivity contribution in [1.29, 1.82) is 0 Å². The van der Waals surface area contributed by atoms with Crippen molar-refractivity contribution in [3.05, 3.63) is 32.3 Å². The van der Waals surface area contributed by atoms with Crippen LogP contribution in [0.15, 0.2) is 6.20 Å². The van der Waals surface area contributed by atoms with Crippen LogP contribution in [-0.2, 0) is 14.3 Å². The minimum atomic E-state index is -0.994. The van der Waals surface area contributed by atoms with E-state index in [1.165, 1.54) is 14.0 Å². The van der Waals surface area contributed by atoms with Crippen LogP contribution in [0.4, 0.5) is 10.7 Å². The van der Waals surface area contributed by atoms with Gasteiger partial charge in [0.25, 0.3) is 0 Å². The van der Waals surface area contributed by atoms with Gasteiger partial charge in [-0.15, -0.1) is 16.4 Å². The van der Waals surface area contributed by atoms with E-state index in [1.807, 2.05) is 0 Å². The van der Waals surface area contributed by atoms with Gasteiger partial charge in [0.2, 0.25) is 5.91 Å². The zero-order chi connectivity index (χ0) is 23.3. The molecule has 0 saturated heterocycles. The van der Waals surface area contributed by atoms with Crippen LogP contribution in [0.25, 0.3) is 0 Å². The van der Waals surface area contributed by atoms with Gasteiger partial charge in [0.05, 0.1) is 30.8 Å². The maximum Gasteiger partial charge on any atom is 0.350 e. The minimum Gasteiger partial charge on any atom is -0.475 e. The molecule has 13 heteroatoms. The van der Waals surface area contributed by atoms with Gasteiger partial charge in [-0.2, -0.15) is 0 Å². The summed E-state index contributed by atoms with van der Waals surface area (Å²) in [5.41, 5.74) is -0.0355. The summed E-state index contributed by atoms with van der Waals surface area (Å²) in [7, 11) is 1.22. The smallest absolute Gasteiger partial charge is 0.350 e. The SMILES string of the molecule is CCOC(=O)c1sc(NC(=O)C(C)n2cc([N+](=O)[O-])c(OC)n2)c(C(=O)OCC)c1C. The average molecular weight is 454 g/mol. The summed E-state index contributed by atoms with van der Waals surface area (Å²) < 4.78 is 16.0. The van der Waals surface area contributed by atoms with E-state index in [2.05, 4.69) is 10.4 Å². The van der Waals surface area contributed by atoms with Crippen molar-refractivity contribution in [2.75, 3.05) is 25.6 Å². The number of aromatic nitrogens is 2. The average Bonchev–Trinajstić information content (AvgIpc) is 3.29. The van der Waals surface area contributed by atoms with Crippen molar-refractivity contribution in [1.82, 2.24) is 9.78 Å². The molecule has 2 rings (SSSR count). The number of carbonyl (C=O) groups is 3. The lowest BCUT2D eigenvalue weighted by Gasteiger charge is -2.12. The van der Waals surface area contributed by atoms with Crippen molar-refractivity contribution in [3.63, 3.8) is 0 Å². The number of carbonyl (C=O) groups excluding carboxylic acids is 3. The van der Waals surface area contributed by atoms with Gasteiger partial charge in [0, 0.05) is 0 Å². The Morgan fingerprint density at radius 3 is 2.39 bits per heavy atom. The fourth-order valence-corrected chi connectivity index (χ4v) is 3.70. The highest BCUT2D eigenvalue weighted by atomic mass is 32.1. The monoisotopic (exact) mass is 454 g/mol. The molecule has 0 radical (unpaired) electrons. The molecule has 12 nitrogen and oxygen atoms in total. The molecule has 1 atom stereocenters. The van der Waals surface area contributed by atoms with Gasteiger partial charge < -0.3 is 19.5 Å². The Morgan fingerprint density at radius 1 is 1.26 bits per heavy atom. The maximum absolute atomic E-state index is 12.8. The van der Waals surface area contributed by atoms with E-state index in [0.29, 0.717) is 5.56 Å². The first-order valence-corrected chi connectivity index (χ1v) is 10.0. The highest BCUT2D eigenvalue weighted by Gasteiger charge is 2.30. The first kappa shape index (κ1) is 23.8. The van der Waals surface area contributed by atoms with E-state index in [4.69, 9.17) is 14.2 Å². The largest absolute Gasteiger partial charge is 0.475 e. The van der Waals surface area contributed by atoms with Gasteiger partial charge in [-0.05, 0) is 33.3 Å². The van der Waals surface area contributed by atoms with Crippen molar-refractivity contribution < 1.29 is 33.5 Å². The number of rotatable bonds is 9. The van der Waals surface area contributed by atoms with Crippen LogP contribution in [-0.4, -0.2) is 52.9 Å². The molecule has 168 valence electrons. The number of anilines is 1. The summed E-state index contributed by atoms with van der Waals surface area (Å²) in [6.07, 6.45) is 1.07. The van der Waals surface area contributed by atoms with Gasteiger partial charge in [-0.3, -0.25) is 14.9 Å². The summed E-state index contributed by atoms with van der Waals surface area (Å²) >= 11 is 0.877. The van der Waals surface area contributed by atoms with Crippen molar-refractivity contribution in [2.24, 2.45) is 0 Å². The minimum absolute atomic E-state index is 0.0412. The summed E-state index contributed by atoms with van der Waals surface area (Å²) in [4.78, 5) is 48.0. The second kappa shape index (κ2) is 10.0. The van der Waals surface area contributed by atoms with Crippen LogP contribution in [0.1, 0.15) is 52.4 Å². The van der Waals surface area contributed by atoms with E-state index < -0.39 is 34.5 Å². The molecule has 1 N–H and O–H groups in total. The molecule has 0 fully saturated rings. The summed E-state index contributed by atoms with van der Waals surface area (Å²) in [6, 6.07) is -0.994. The molecule has 0 aromatic carbocycles. The van der Waals surface area contributed by atoms with Crippen LogP contribution in [0.5, 0.6) is 5.88 Å². The van der Waals surface area contributed by atoms with Crippen LogP contribution in [0.3, 0.4) is 0 Å². The lowest BCUT2D eigenvalue weighted by Crippen LogP contribution is -2.24. The third-order valence-corrected chi connectivity index (χ3v) is 5.36. The number of esters is 2. The molecule has 2 aromatic rings. The van der Waals surface area contributed by atoms with E-state index >= 15 is 0 Å². The number of thiophene rings is 1. The van der Waals surface area contributed by atoms with Gasteiger partial charge in [0.15, 0.2) is 0 Å². The fraction of sp³-hybridized carbons (Fsp3) is 0.444. The Balaban J connectivity index is 2.38. The van der Waals surface area contributed by atoms with Crippen molar-refractivity contribution in [2.45, 2.75) is 33.7 Å². The Labute approximate surface area is 181 Å². The number of amides is 1. The van der Waals surface area contributed by atoms with E-state index in [9.17, 15) is 24.5 Å². The van der Waals surface area contributed by atoms with Crippen LogP contribution < -0.4 is 10.1 Å². The Kier molecular flexibility index (Phi) is 7.69. The summed E-state index contributed by atoms with van der Waals surface area (Å²) in [5.74, 6) is -2.20. The second-order valence-corrected chi connectivity index (χ2v) is 7.15. The van der Waals surface area contributed by atoms with Crippen molar-refractivity contribution in [3.8, 4) is 5.88 Å². The maximum atomic E-state index is 12.8. The number of nitro groups is 1. The van der Waals surface area contributed by atoms with Crippen molar-refractivity contribution >= 4 is 39.9 Å². The van der Waals surface area contributed by atoms with Gasteiger partial charge in [-0.1, -0.05) is 0 Å². The quantitative estimate of drug-likeness (QED) is 0.342. The molecule has 0 bridgehead atoms. The zero-order valence-electron chi connectivity index (χ0n) is 17.6. The number of methoxy groups -OCH3 is 1. The molecular weight excluding hydrogens is 432 g/mol. The van der Waals surface area contributed by atoms with E-state index in [0.717, 1.165) is 22.2 Å². The number of nitrogens with one attached hydrogen (secondary N) is 1. The summed E-state index contributed by atoms with van der Waals surface area (Å²) in [6.45, 7) is 6.53. The van der Waals surface area contributed by atoms with E-state index in [-0.39, 0.29) is 34.5 Å². The van der Waals surface area contributed by atoms with Crippen LogP contribution in [0.2, 0.25) is 0 Å². The lowest BCUT2D eigenvalue weighted by molar-refractivity contribution is -0.385. The molecule has 1 amide bonds.